The zero-order valence-electron chi connectivity index (χ0n) is 12.9. The number of nitrogens with zero attached hydrogens (tertiary/aromatic N) is 1. The van der Waals surface area contributed by atoms with E-state index in [1.165, 1.54) is 45.1 Å². The fraction of sp³-hybridized carbons (Fsp3) is 0.765. The van der Waals surface area contributed by atoms with Gasteiger partial charge in [-0.15, -0.1) is 11.3 Å². The minimum atomic E-state index is 0.262. The van der Waals surface area contributed by atoms with Crippen molar-refractivity contribution in [2.75, 3.05) is 13.1 Å². The van der Waals surface area contributed by atoms with E-state index in [4.69, 9.17) is 5.73 Å². The normalized spacial score (nSPS) is 35.0. The summed E-state index contributed by atoms with van der Waals surface area (Å²) < 4.78 is 0. The average molecular weight is 292 g/mol. The lowest BCUT2D eigenvalue weighted by molar-refractivity contribution is 0.000980. The van der Waals surface area contributed by atoms with E-state index in [1.54, 1.807) is 10.4 Å². The van der Waals surface area contributed by atoms with Crippen LogP contribution in [0.5, 0.6) is 0 Å². The molecule has 0 aromatic carbocycles. The van der Waals surface area contributed by atoms with Gasteiger partial charge in [0, 0.05) is 29.5 Å². The molecule has 3 rings (SSSR count). The first-order chi connectivity index (χ1) is 9.70. The lowest BCUT2D eigenvalue weighted by atomic mass is 9.72. The van der Waals surface area contributed by atoms with Crippen LogP contribution in [-0.2, 0) is 6.42 Å². The zero-order chi connectivity index (χ0) is 14.2. The van der Waals surface area contributed by atoms with Crippen LogP contribution in [0.15, 0.2) is 11.4 Å². The molecule has 1 saturated carbocycles. The van der Waals surface area contributed by atoms with Crippen molar-refractivity contribution in [2.24, 2.45) is 11.7 Å². The summed E-state index contributed by atoms with van der Waals surface area (Å²) in [5.74, 6) is 0.878. The van der Waals surface area contributed by atoms with E-state index in [9.17, 15) is 0 Å². The molecule has 1 aliphatic carbocycles. The quantitative estimate of drug-likeness (QED) is 0.913. The van der Waals surface area contributed by atoms with Gasteiger partial charge in [-0.25, -0.2) is 0 Å². The Morgan fingerprint density at radius 2 is 2.35 bits per heavy atom. The van der Waals surface area contributed by atoms with Gasteiger partial charge in [0.05, 0.1) is 0 Å². The molecule has 1 aliphatic heterocycles. The number of thiophene rings is 1. The summed E-state index contributed by atoms with van der Waals surface area (Å²) in [7, 11) is 0. The molecule has 0 bridgehead atoms. The Hall–Kier alpha value is -0.380. The van der Waals surface area contributed by atoms with Crippen LogP contribution in [0.1, 0.15) is 62.4 Å². The summed E-state index contributed by atoms with van der Waals surface area (Å²) in [6.45, 7) is 6.75. The fourth-order valence-electron chi connectivity index (χ4n) is 4.53. The van der Waals surface area contributed by atoms with Crippen molar-refractivity contribution < 1.29 is 0 Å². The van der Waals surface area contributed by atoms with Crippen LogP contribution in [0.25, 0.3) is 0 Å². The van der Waals surface area contributed by atoms with Crippen LogP contribution in [0.2, 0.25) is 0 Å². The maximum atomic E-state index is 6.30. The van der Waals surface area contributed by atoms with E-state index in [2.05, 4.69) is 30.2 Å². The number of hydrogen-bond donors (Lipinski definition) is 1. The lowest BCUT2D eigenvalue weighted by Crippen LogP contribution is -2.58. The van der Waals surface area contributed by atoms with Gasteiger partial charge in [0.25, 0.3) is 0 Å². The van der Waals surface area contributed by atoms with Gasteiger partial charge in [-0.1, -0.05) is 26.2 Å². The van der Waals surface area contributed by atoms with Gasteiger partial charge < -0.3 is 5.73 Å². The molecule has 3 heteroatoms. The molecule has 1 fully saturated rings. The zero-order valence-corrected chi connectivity index (χ0v) is 13.7. The Bertz CT molecular complexity index is 456. The maximum absolute atomic E-state index is 6.30. The third-order valence-corrected chi connectivity index (χ3v) is 6.76. The minimum Gasteiger partial charge on any atom is -0.329 e. The van der Waals surface area contributed by atoms with Crippen LogP contribution >= 0.6 is 11.3 Å². The van der Waals surface area contributed by atoms with E-state index in [-0.39, 0.29) is 5.54 Å². The second-order valence-corrected chi connectivity index (χ2v) is 7.72. The average Bonchev–Trinajstić information content (AvgIpc) is 2.97. The summed E-state index contributed by atoms with van der Waals surface area (Å²) >= 11 is 1.93. The molecule has 112 valence electrons. The Balaban J connectivity index is 1.86. The van der Waals surface area contributed by atoms with Gasteiger partial charge >= 0.3 is 0 Å². The molecule has 0 radical (unpaired) electrons. The highest BCUT2D eigenvalue weighted by molar-refractivity contribution is 7.10. The van der Waals surface area contributed by atoms with E-state index < -0.39 is 0 Å². The van der Waals surface area contributed by atoms with E-state index in [0.29, 0.717) is 6.04 Å². The monoisotopic (exact) mass is 292 g/mol. The third kappa shape index (κ3) is 2.34. The Labute approximate surface area is 127 Å². The van der Waals surface area contributed by atoms with Gasteiger partial charge in [0.1, 0.15) is 0 Å². The van der Waals surface area contributed by atoms with Crippen molar-refractivity contribution in [2.45, 2.75) is 64.0 Å². The third-order valence-electron chi connectivity index (χ3n) is 5.77. The Kier molecular flexibility index (Phi) is 4.21. The molecule has 0 amide bonds. The number of nitrogens with two attached hydrogens (primary N) is 1. The van der Waals surface area contributed by atoms with E-state index >= 15 is 0 Å². The number of rotatable bonds is 3. The molecule has 1 aromatic heterocycles. The highest BCUT2D eigenvalue weighted by atomic mass is 32.1. The predicted molar refractivity (Wildman–Crippen MR) is 87.2 cm³/mol. The van der Waals surface area contributed by atoms with Crippen LogP contribution in [0.4, 0.5) is 0 Å². The molecule has 20 heavy (non-hydrogen) atoms. The van der Waals surface area contributed by atoms with Crippen molar-refractivity contribution in [3.63, 3.8) is 0 Å². The predicted octanol–water partition coefficient (Wildman–Crippen LogP) is 3.96. The van der Waals surface area contributed by atoms with Gasteiger partial charge in [0.2, 0.25) is 0 Å². The van der Waals surface area contributed by atoms with E-state index in [1.807, 2.05) is 11.3 Å². The van der Waals surface area contributed by atoms with Crippen LogP contribution in [0.3, 0.4) is 0 Å². The molecule has 2 N–H and O–H groups in total. The molecular weight excluding hydrogens is 264 g/mol. The highest BCUT2D eigenvalue weighted by Gasteiger charge is 2.43. The van der Waals surface area contributed by atoms with Gasteiger partial charge in [-0.05, 0) is 49.1 Å². The first-order valence-electron chi connectivity index (χ1n) is 8.23. The second-order valence-electron chi connectivity index (χ2n) is 6.72. The molecule has 3 atom stereocenters. The molecular formula is C17H28N2S. The second kappa shape index (κ2) is 5.78. The lowest BCUT2D eigenvalue weighted by Gasteiger charge is -2.52. The summed E-state index contributed by atoms with van der Waals surface area (Å²) in [6, 6.07) is 2.88. The van der Waals surface area contributed by atoms with Gasteiger partial charge in [-0.3, -0.25) is 4.90 Å². The molecule has 2 nitrogen and oxygen atoms in total. The summed E-state index contributed by atoms with van der Waals surface area (Å²) in [4.78, 5) is 4.35. The minimum absolute atomic E-state index is 0.262. The SMILES string of the molecule is CCC1CCCC(CN)(N2CCc3sccc3C2C)C1. The van der Waals surface area contributed by atoms with Crippen LogP contribution < -0.4 is 5.73 Å². The number of fused-ring (bicyclic) bond motifs is 1. The van der Waals surface area contributed by atoms with Crippen molar-refractivity contribution in [3.05, 3.63) is 21.9 Å². The fourth-order valence-corrected chi connectivity index (χ4v) is 5.49. The van der Waals surface area contributed by atoms with Crippen molar-refractivity contribution in [3.8, 4) is 0 Å². The van der Waals surface area contributed by atoms with Gasteiger partial charge in [0.15, 0.2) is 0 Å². The summed E-state index contributed by atoms with van der Waals surface area (Å²) in [5, 5.41) is 2.26. The standard InChI is InChI=1S/C17H28N2S/c1-3-14-5-4-8-17(11-14,12-18)19-9-6-16-15(13(19)2)7-10-20-16/h7,10,13-14H,3-6,8-9,11-12,18H2,1-2H3. The first-order valence-corrected chi connectivity index (χ1v) is 9.11. The van der Waals surface area contributed by atoms with Gasteiger partial charge in [-0.2, -0.15) is 0 Å². The van der Waals surface area contributed by atoms with E-state index in [0.717, 1.165) is 12.5 Å². The van der Waals surface area contributed by atoms with Crippen molar-refractivity contribution in [1.29, 1.82) is 0 Å². The Morgan fingerprint density at radius 1 is 1.50 bits per heavy atom. The first kappa shape index (κ1) is 14.6. The molecule has 0 spiro atoms. The highest BCUT2D eigenvalue weighted by Crippen LogP contribution is 2.44. The molecule has 2 aliphatic rings. The Morgan fingerprint density at radius 3 is 3.10 bits per heavy atom. The maximum Gasteiger partial charge on any atom is 0.0340 e. The summed E-state index contributed by atoms with van der Waals surface area (Å²) in [5.41, 5.74) is 8.13. The van der Waals surface area contributed by atoms with Crippen molar-refractivity contribution in [1.82, 2.24) is 4.90 Å². The topological polar surface area (TPSA) is 29.3 Å². The van der Waals surface area contributed by atoms with Crippen LogP contribution in [0, 0.1) is 5.92 Å². The molecule has 1 aromatic rings. The molecule has 3 unspecified atom stereocenters. The molecule has 2 heterocycles. The van der Waals surface area contributed by atoms with Crippen LogP contribution in [-0.4, -0.2) is 23.5 Å². The number of hydrogen-bond acceptors (Lipinski definition) is 3. The van der Waals surface area contributed by atoms with Crippen molar-refractivity contribution >= 4 is 11.3 Å². The largest absolute Gasteiger partial charge is 0.329 e. The summed E-state index contributed by atoms with van der Waals surface area (Å²) in [6.07, 6.45) is 7.90. The smallest absolute Gasteiger partial charge is 0.0340 e. The molecule has 0 saturated heterocycles.